The predicted molar refractivity (Wildman–Crippen MR) is 95.8 cm³/mol. The van der Waals surface area contributed by atoms with Crippen molar-refractivity contribution >= 4 is 62.0 Å². The summed E-state index contributed by atoms with van der Waals surface area (Å²) in [4.78, 5) is 9.21. The summed E-state index contributed by atoms with van der Waals surface area (Å²) in [5, 5.41) is 6.20. The lowest BCUT2D eigenvalue weighted by atomic mass is 10.1. The van der Waals surface area contributed by atoms with Gasteiger partial charge in [0.2, 0.25) is 0 Å². The fraction of sp³-hybridized carbons (Fsp3) is 0.200. The maximum atomic E-state index is 6.35. The molecule has 1 N–H and O–H groups in total. The lowest BCUT2D eigenvalue weighted by Crippen LogP contribution is -2.06. The van der Waals surface area contributed by atoms with Gasteiger partial charge in [-0.05, 0) is 31.0 Å². The molecule has 0 spiro atoms. The smallest absolute Gasteiger partial charge is 0.134 e. The van der Waals surface area contributed by atoms with Crippen LogP contribution in [0.25, 0.3) is 10.1 Å². The van der Waals surface area contributed by atoms with E-state index < -0.39 is 0 Å². The summed E-state index contributed by atoms with van der Waals surface area (Å²) in [6.45, 7) is 2.82. The molecule has 0 aliphatic carbocycles. The average Bonchev–Trinajstić information content (AvgIpc) is 2.82. The molecule has 0 saturated heterocycles. The van der Waals surface area contributed by atoms with Crippen LogP contribution in [-0.4, -0.2) is 16.5 Å². The van der Waals surface area contributed by atoms with Crippen molar-refractivity contribution in [1.82, 2.24) is 9.97 Å². The Labute approximate surface area is 147 Å². The summed E-state index contributed by atoms with van der Waals surface area (Å²) < 4.78 is 1.05. The van der Waals surface area contributed by atoms with Crippen LogP contribution in [0.5, 0.6) is 0 Å². The van der Waals surface area contributed by atoms with E-state index in [0.717, 1.165) is 33.1 Å². The Bertz CT molecular complexity index is 832. The molecule has 0 atom stereocenters. The fourth-order valence-electron chi connectivity index (χ4n) is 2.35. The largest absolute Gasteiger partial charge is 0.370 e. The molecule has 3 rings (SSSR count). The van der Waals surface area contributed by atoms with Crippen molar-refractivity contribution in [2.75, 3.05) is 11.9 Å². The summed E-state index contributed by atoms with van der Waals surface area (Å²) in [6.07, 6.45) is 2.26. The van der Waals surface area contributed by atoms with Crippen molar-refractivity contribution in [3.05, 3.63) is 50.2 Å². The van der Waals surface area contributed by atoms with Gasteiger partial charge in [0, 0.05) is 27.9 Å². The van der Waals surface area contributed by atoms with Crippen molar-refractivity contribution in [2.45, 2.75) is 13.3 Å². The standard InChI is InChI=1S/C15H12Cl3N3S/c1-8-9(4-5-19-13-6-12(18)20-7-21-13)14-10(16)2-3-11(17)15(14)22-8/h2-3,6-7H,4-5H2,1H3,(H,19,20,21). The molecular formula is C15H12Cl3N3S. The summed E-state index contributed by atoms with van der Waals surface area (Å²) in [6, 6.07) is 5.39. The van der Waals surface area contributed by atoms with Crippen LogP contribution in [0.3, 0.4) is 0 Å². The van der Waals surface area contributed by atoms with Gasteiger partial charge in [-0.2, -0.15) is 0 Å². The molecule has 0 aliphatic heterocycles. The number of fused-ring (bicyclic) bond motifs is 1. The Balaban J connectivity index is 1.82. The van der Waals surface area contributed by atoms with Crippen molar-refractivity contribution in [3.63, 3.8) is 0 Å². The van der Waals surface area contributed by atoms with E-state index in [1.54, 1.807) is 17.4 Å². The maximum Gasteiger partial charge on any atom is 0.134 e. The Morgan fingerprint density at radius 1 is 1.14 bits per heavy atom. The molecule has 0 bridgehead atoms. The number of halogens is 3. The first-order valence-corrected chi connectivity index (χ1v) is 8.58. The van der Waals surface area contributed by atoms with Gasteiger partial charge in [0.1, 0.15) is 17.3 Å². The summed E-state index contributed by atoms with van der Waals surface area (Å²) >= 11 is 20.1. The van der Waals surface area contributed by atoms with Gasteiger partial charge < -0.3 is 5.32 Å². The van der Waals surface area contributed by atoms with Crippen LogP contribution in [0, 0.1) is 6.92 Å². The Morgan fingerprint density at radius 3 is 2.68 bits per heavy atom. The zero-order valence-corrected chi connectivity index (χ0v) is 14.7. The molecule has 22 heavy (non-hydrogen) atoms. The minimum atomic E-state index is 0.421. The Kier molecular flexibility index (Phi) is 4.73. The second kappa shape index (κ2) is 6.59. The molecule has 2 heterocycles. The van der Waals surface area contributed by atoms with Gasteiger partial charge >= 0.3 is 0 Å². The number of aryl methyl sites for hydroxylation is 1. The third kappa shape index (κ3) is 3.15. The van der Waals surface area contributed by atoms with Crippen LogP contribution in [-0.2, 0) is 6.42 Å². The normalized spacial score (nSPS) is 11.1. The number of aromatic nitrogens is 2. The van der Waals surface area contributed by atoms with Crippen LogP contribution in [0.1, 0.15) is 10.4 Å². The van der Waals surface area contributed by atoms with Crippen molar-refractivity contribution in [1.29, 1.82) is 0 Å². The third-order valence-electron chi connectivity index (χ3n) is 3.36. The van der Waals surface area contributed by atoms with Gasteiger partial charge in [-0.25, -0.2) is 9.97 Å². The van der Waals surface area contributed by atoms with Crippen LogP contribution in [0.4, 0.5) is 5.82 Å². The van der Waals surface area contributed by atoms with Crippen LogP contribution in [0.15, 0.2) is 24.5 Å². The number of nitrogens with zero attached hydrogens (tertiary/aromatic N) is 2. The minimum absolute atomic E-state index is 0.421. The van der Waals surface area contributed by atoms with E-state index in [4.69, 9.17) is 34.8 Å². The third-order valence-corrected chi connectivity index (χ3v) is 5.48. The van der Waals surface area contributed by atoms with E-state index in [1.807, 2.05) is 12.1 Å². The SMILES string of the molecule is Cc1sc2c(Cl)ccc(Cl)c2c1CCNc1cc(Cl)ncn1. The quantitative estimate of drug-likeness (QED) is 0.604. The number of hydrogen-bond acceptors (Lipinski definition) is 4. The molecule has 0 fully saturated rings. The highest BCUT2D eigenvalue weighted by Gasteiger charge is 2.14. The second-order valence-corrected chi connectivity index (χ2v) is 7.20. The molecule has 2 aromatic heterocycles. The molecule has 0 aliphatic rings. The van der Waals surface area contributed by atoms with Gasteiger partial charge in [-0.3, -0.25) is 0 Å². The van der Waals surface area contributed by atoms with Gasteiger partial charge in [-0.1, -0.05) is 34.8 Å². The van der Waals surface area contributed by atoms with E-state index in [2.05, 4.69) is 22.2 Å². The first kappa shape index (κ1) is 15.8. The van der Waals surface area contributed by atoms with Crippen LogP contribution in [0.2, 0.25) is 15.2 Å². The summed E-state index contributed by atoms with van der Waals surface area (Å²) in [5.41, 5.74) is 1.22. The highest BCUT2D eigenvalue weighted by Crippen LogP contribution is 2.40. The van der Waals surface area contributed by atoms with Crippen LogP contribution >= 0.6 is 46.1 Å². The van der Waals surface area contributed by atoms with Gasteiger partial charge in [0.05, 0.1) is 9.72 Å². The average molecular weight is 373 g/mol. The molecule has 0 radical (unpaired) electrons. The first-order valence-electron chi connectivity index (χ1n) is 6.63. The molecule has 3 nitrogen and oxygen atoms in total. The highest BCUT2D eigenvalue weighted by atomic mass is 35.5. The van der Waals surface area contributed by atoms with Crippen molar-refractivity contribution in [3.8, 4) is 0 Å². The zero-order chi connectivity index (χ0) is 15.7. The molecule has 3 aromatic rings. The number of benzene rings is 1. The number of rotatable bonds is 4. The first-order chi connectivity index (χ1) is 10.6. The molecule has 0 unspecified atom stereocenters. The minimum Gasteiger partial charge on any atom is -0.370 e. The predicted octanol–water partition coefficient (Wildman–Crippen LogP) is 5.61. The van der Waals surface area contributed by atoms with E-state index >= 15 is 0 Å². The molecule has 0 saturated carbocycles. The fourth-order valence-corrected chi connectivity index (χ4v) is 4.23. The Morgan fingerprint density at radius 2 is 1.91 bits per heavy atom. The number of hydrogen-bond donors (Lipinski definition) is 1. The van der Waals surface area contributed by atoms with Gasteiger partial charge in [-0.15, -0.1) is 11.3 Å². The summed E-state index contributed by atoms with van der Waals surface area (Å²) in [7, 11) is 0. The highest BCUT2D eigenvalue weighted by molar-refractivity contribution is 7.20. The molecule has 114 valence electrons. The van der Waals surface area contributed by atoms with E-state index in [1.165, 1.54) is 16.8 Å². The van der Waals surface area contributed by atoms with E-state index in [0.29, 0.717) is 11.0 Å². The number of nitrogens with one attached hydrogen (secondary N) is 1. The summed E-state index contributed by atoms with van der Waals surface area (Å²) in [5.74, 6) is 0.710. The molecule has 7 heteroatoms. The van der Waals surface area contributed by atoms with E-state index in [9.17, 15) is 0 Å². The lowest BCUT2D eigenvalue weighted by Gasteiger charge is -2.07. The topological polar surface area (TPSA) is 37.8 Å². The molecular weight excluding hydrogens is 361 g/mol. The second-order valence-electron chi connectivity index (χ2n) is 4.77. The van der Waals surface area contributed by atoms with Crippen LogP contribution < -0.4 is 5.32 Å². The number of thiophene rings is 1. The zero-order valence-electron chi connectivity index (χ0n) is 11.7. The monoisotopic (exact) mass is 371 g/mol. The van der Waals surface area contributed by atoms with Crippen molar-refractivity contribution in [2.24, 2.45) is 0 Å². The van der Waals surface area contributed by atoms with Gasteiger partial charge in [0.15, 0.2) is 0 Å². The lowest BCUT2D eigenvalue weighted by molar-refractivity contribution is 1.00. The Hall–Kier alpha value is -1.07. The molecule has 1 aromatic carbocycles. The van der Waals surface area contributed by atoms with Gasteiger partial charge in [0.25, 0.3) is 0 Å². The molecule has 0 amide bonds. The van der Waals surface area contributed by atoms with Crippen molar-refractivity contribution < 1.29 is 0 Å². The number of anilines is 1. The van der Waals surface area contributed by atoms with E-state index in [-0.39, 0.29) is 0 Å². The maximum absolute atomic E-state index is 6.35.